The molecule has 0 saturated carbocycles. The van der Waals surface area contributed by atoms with Gasteiger partial charge in [-0.05, 0) is 36.8 Å². The number of para-hydroxylation sites is 1. The van der Waals surface area contributed by atoms with Crippen molar-refractivity contribution in [2.45, 2.75) is 18.5 Å². The van der Waals surface area contributed by atoms with Gasteiger partial charge in [0.2, 0.25) is 5.88 Å². The summed E-state index contributed by atoms with van der Waals surface area (Å²) < 4.78 is 11.4. The van der Waals surface area contributed by atoms with Gasteiger partial charge in [-0.2, -0.15) is 0 Å². The molecule has 2 unspecified atom stereocenters. The van der Waals surface area contributed by atoms with Crippen LogP contribution in [0, 0.1) is 6.92 Å². The smallest absolute Gasteiger partial charge is 0.348 e. The number of anilines is 1. The van der Waals surface area contributed by atoms with Gasteiger partial charge < -0.3 is 26.7 Å². The fourth-order valence-electron chi connectivity index (χ4n) is 4.52. The second-order valence-electron chi connectivity index (χ2n) is 8.09. The molecule has 2 aromatic heterocycles. The minimum Gasteiger partial charge on any atom is -0.465 e. The first-order valence-electron chi connectivity index (χ1n) is 10.5. The number of carbonyl (C=O) groups is 2. The summed E-state index contributed by atoms with van der Waals surface area (Å²) in [6, 6.07) is 14.9. The van der Waals surface area contributed by atoms with Crippen LogP contribution in [0.3, 0.4) is 0 Å². The molecule has 0 radical (unpaired) electrons. The van der Waals surface area contributed by atoms with Crippen molar-refractivity contribution < 1.29 is 19.1 Å². The molecule has 9 heteroatoms. The van der Waals surface area contributed by atoms with Gasteiger partial charge in [-0.25, -0.2) is 9.78 Å². The Morgan fingerprint density at radius 3 is 2.47 bits per heavy atom. The third kappa shape index (κ3) is 3.09. The van der Waals surface area contributed by atoms with Gasteiger partial charge in [-0.15, -0.1) is 11.3 Å². The highest BCUT2D eigenvalue weighted by Crippen LogP contribution is 2.50. The maximum Gasteiger partial charge on any atom is 0.348 e. The normalized spacial score (nSPS) is 19.3. The number of thiophene rings is 1. The molecule has 0 saturated heterocycles. The molecule has 34 heavy (non-hydrogen) atoms. The lowest BCUT2D eigenvalue weighted by atomic mass is 9.70. The van der Waals surface area contributed by atoms with Crippen LogP contribution in [0.2, 0.25) is 0 Å². The van der Waals surface area contributed by atoms with Gasteiger partial charge in [0.15, 0.2) is 5.78 Å². The topological polar surface area (TPSA) is 144 Å². The summed E-state index contributed by atoms with van der Waals surface area (Å²) in [5.74, 6) is -0.0139. The van der Waals surface area contributed by atoms with Gasteiger partial charge in [0.05, 0.1) is 17.9 Å². The quantitative estimate of drug-likeness (QED) is 0.301. The van der Waals surface area contributed by atoms with Crippen molar-refractivity contribution >= 4 is 38.9 Å². The Kier molecular flexibility index (Phi) is 5.12. The van der Waals surface area contributed by atoms with Gasteiger partial charge in [0.1, 0.15) is 16.2 Å². The molecule has 172 valence electrons. The molecule has 0 aliphatic heterocycles. The molecule has 5 rings (SSSR count). The first kappa shape index (κ1) is 22.0. The lowest BCUT2D eigenvalue weighted by Crippen LogP contribution is -2.53. The predicted molar refractivity (Wildman–Crippen MR) is 130 cm³/mol. The van der Waals surface area contributed by atoms with Crippen molar-refractivity contribution in [3.63, 3.8) is 0 Å². The monoisotopic (exact) mass is 474 g/mol. The van der Waals surface area contributed by atoms with Crippen LogP contribution in [0.4, 0.5) is 5.69 Å². The van der Waals surface area contributed by atoms with Gasteiger partial charge in [0, 0.05) is 34.0 Å². The SMILES string of the molecule is COC(=O)c1sc2c(N)ccc3c2c1C(N)C(=O)C3(N)c1ccc(Oc2ccccc2)nc1C. The molecule has 4 aromatic rings. The second-order valence-corrected chi connectivity index (χ2v) is 9.11. The number of methoxy groups -OCH3 is 1. The summed E-state index contributed by atoms with van der Waals surface area (Å²) in [5, 5.41) is 0.615. The Morgan fingerprint density at radius 1 is 1.09 bits per heavy atom. The van der Waals surface area contributed by atoms with E-state index in [0.717, 1.165) is 11.3 Å². The predicted octanol–water partition coefficient (Wildman–Crippen LogP) is 3.55. The summed E-state index contributed by atoms with van der Waals surface area (Å²) in [6.07, 6.45) is 0. The van der Waals surface area contributed by atoms with Gasteiger partial charge in [-0.1, -0.05) is 24.3 Å². The largest absolute Gasteiger partial charge is 0.465 e. The molecule has 2 atom stereocenters. The Morgan fingerprint density at radius 2 is 1.79 bits per heavy atom. The number of pyridine rings is 1. The molecule has 0 fully saturated rings. The van der Waals surface area contributed by atoms with Crippen molar-refractivity contribution in [1.29, 1.82) is 0 Å². The number of esters is 1. The maximum atomic E-state index is 13.7. The third-order valence-electron chi connectivity index (χ3n) is 6.13. The van der Waals surface area contributed by atoms with E-state index < -0.39 is 23.3 Å². The van der Waals surface area contributed by atoms with Crippen LogP contribution in [-0.4, -0.2) is 23.8 Å². The Hall–Kier alpha value is -3.79. The first-order chi connectivity index (χ1) is 16.3. The standard InChI is InChI=1S/C25H22N4O4S/c1-12-14(9-11-17(29-12)33-13-6-4-3-5-7-13)25(28)15-8-10-16(26)21-18(15)19(20(27)23(25)30)22(34-21)24(31)32-2/h3-11,20H,26-28H2,1-2H3. The number of carbonyl (C=O) groups excluding carboxylic acids is 2. The van der Waals surface area contributed by atoms with Crippen molar-refractivity contribution in [3.05, 3.63) is 81.9 Å². The second kappa shape index (κ2) is 7.91. The number of Topliss-reactive ketones (excluding diaryl/α,β-unsaturated/α-hetero) is 1. The van der Waals surface area contributed by atoms with Gasteiger partial charge in [0.25, 0.3) is 0 Å². The molecule has 6 N–H and O–H groups in total. The Labute approximate surface area is 199 Å². The van der Waals surface area contributed by atoms with Crippen LogP contribution in [-0.2, 0) is 15.1 Å². The van der Waals surface area contributed by atoms with Crippen molar-refractivity contribution in [2.75, 3.05) is 12.8 Å². The summed E-state index contributed by atoms with van der Waals surface area (Å²) in [4.78, 5) is 31.0. The fourth-order valence-corrected chi connectivity index (χ4v) is 5.74. The highest BCUT2D eigenvalue weighted by Gasteiger charge is 2.49. The average Bonchev–Trinajstić information content (AvgIpc) is 3.24. The van der Waals surface area contributed by atoms with E-state index in [-0.39, 0.29) is 4.88 Å². The average molecular weight is 475 g/mol. The molecule has 2 aromatic carbocycles. The summed E-state index contributed by atoms with van der Waals surface area (Å²) in [7, 11) is 1.28. The molecular formula is C25H22N4O4S. The zero-order valence-electron chi connectivity index (χ0n) is 18.5. The van der Waals surface area contributed by atoms with Gasteiger partial charge >= 0.3 is 5.97 Å². The number of nitrogens with zero attached hydrogens (tertiary/aromatic N) is 1. The lowest BCUT2D eigenvalue weighted by Gasteiger charge is -2.37. The van der Waals surface area contributed by atoms with Gasteiger partial charge in [-0.3, -0.25) is 4.79 Å². The number of nitrogens with two attached hydrogens (primary N) is 3. The van der Waals surface area contributed by atoms with E-state index in [2.05, 4.69) is 4.98 Å². The van der Waals surface area contributed by atoms with E-state index in [4.69, 9.17) is 26.7 Å². The summed E-state index contributed by atoms with van der Waals surface area (Å²) >= 11 is 1.15. The van der Waals surface area contributed by atoms with E-state index >= 15 is 0 Å². The number of rotatable bonds is 4. The third-order valence-corrected chi connectivity index (χ3v) is 7.37. The maximum absolute atomic E-state index is 13.7. The number of hydrogen-bond acceptors (Lipinski definition) is 9. The number of aromatic nitrogens is 1. The fraction of sp³-hybridized carbons (Fsp3) is 0.160. The van der Waals surface area contributed by atoms with Crippen LogP contribution in [0.5, 0.6) is 11.6 Å². The van der Waals surface area contributed by atoms with E-state index in [9.17, 15) is 9.59 Å². The zero-order chi connectivity index (χ0) is 24.2. The van der Waals surface area contributed by atoms with E-state index in [0.29, 0.717) is 49.8 Å². The number of ketones is 1. The molecule has 1 aliphatic carbocycles. The minimum absolute atomic E-state index is 0.251. The van der Waals surface area contributed by atoms with Crippen molar-refractivity contribution in [2.24, 2.45) is 11.5 Å². The molecule has 2 heterocycles. The Bertz CT molecular complexity index is 1470. The zero-order valence-corrected chi connectivity index (χ0v) is 19.3. The van der Waals surface area contributed by atoms with Crippen LogP contribution in [0.15, 0.2) is 54.6 Å². The van der Waals surface area contributed by atoms with Crippen LogP contribution in [0.1, 0.15) is 38.1 Å². The molecular weight excluding hydrogens is 452 g/mol. The van der Waals surface area contributed by atoms with Crippen molar-refractivity contribution in [3.8, 4) is 11.6 Å². The minimum atomic E-state index is -1.59. The summed E-state index contributed by atoms with van der Waals surface area (Å²) in [5.41, 5.74) is 20.3. The molecule has 1 aliphatic rings. The first-order valence-corrected chi connectivity index (χ1v) is 11.3. The van der Waals surface area contributed by atoms with Crippen molar-refractivity contribution in [1.82, 2.24) is 4.98 Å². The number of aryl methyl sites for hydroxylation is 1. The number of hydrogen-bond donors (Lipinski definition) is 3. The summed E-state index contributed by atoms with van der Waals surface area (Å²) in [6.45, 7) is 1.76. The lowest BCUT2D eigenvalue weighted by molar-refractivity contribution is -0.124. The molecule has 0 bridgehead atoms. The Balaban J connectivity index is 1.70. The van der Waals surface area contributed by atoms with Crippen LogP contribution < -0.4 is 21.9 Å². The van der Waals surface area contributed by atoms with E-state index in [1.807, 2.05) is 30.3 Å². The molecule has 0 amide bonds. The number of ether oxygens (including phenoxy) is 2. The number of benzene rings is 2. The molecule has 0 spiro atoms. The van der Waals surface area contributed by atoms with Crippen LogP contribution >= 0.6 is 11.3 Å². The molecule has 8 nitrogen and oxygen atoms in total. The highest BCUT2D eigenvalue weighted by molar-refractivity contribution is 7.21. The van der Waals surface area contributed by atoms with E-state index in [1.54, 1.807) is 31.2 Å². The van der Waals surface area contributed by atoms with E-state index in [1.165, 1.54) is 7.11 Å². The number of nitrogen functional groups attached to an aromatic ring is 1. The highest BCUT2D eigenvalue weighted by atomic mass is 32.1. The van der Waals surface area contributed by atoms with Crippen LogP contribution in [0.25, 0.3) is 10.1 Å².